The number of hydrogen-bond acceptors (Lipinski definition) is 7. The molecule has 3 aromatic carbocycles. The first-order chi connectivity index (χ1) is 16.5. The predicted molar refractivity (Wildman–Crippen MR) is 131 cm³/mol. The molecule has 1 saturated heterocycles. The van der Waals surface area contributed by atoms with Crippen molar-refractivity contribution in [3.8, 4) is 11.5 Å². The van der Waals surface area contributed by atoms with E-state index in [2.05, 4.69) is 21.2 Å². The number of imide groups is 2. The van der Waals surface area contributed by atoms with Gasteiger partial charge in [0.15, 0.2) is 0 Å². The minimum Gasteiger partial charge on any atom is -0.508 e. The minimum absolute atomic E-state index is 0.0791. The number of urea groups is 1. The van der Waals surface area contributed by atoms with Gasteiger partial charge in [-0.05, 0) is 72.8 Å². The number of carbonyl (C=O) groups is 3. The molecular formula is C23H14BrClN2O7S. The lowest BCUT2D eigenvalue weighted by atomic mass is 10.1. The normalized spacial score (nSPS) is 15.3. The van der Waals surface area contributed by atoms with Crippen molar-refractivity contribution >= 4 is 67.3 Å². The Morgan fingerprint density at radius 3 is 2.29 bits per heavy atom. The highest BCUT2D eigenvalue weighted by Gasteiger charge is 2.37. The third kappa shape index (κ3) is 5.21. The second kappa shape index (κ2) is 9.53. The van der Waals surface area contributed by atoms with E-state index < -0.39 is 33.5 Å². The minimum atomic E-state index is -4.28. The number of nitrogens with zero attached hydrogens (tertiary/aromatic N) is 1. The number of amides is 4. The summed E-state index contributed by atoms with van der Waals surface area (Å²) in [4.78, 5) is 38.5. The van der Waals surface area contributed by atoms with E-state index in [9.17, 15) is 27.9 Å². The van der Waals surface area contributed by atoms with Gasteiger partial charge in [-0.25, -0.2) is 9.69 Å². The number of halogens is 2. The second-order valence-corrected chi connectivity index (χ2v) is 10.0. The van der Waals surface area contributed by atoms with E-state index in [1.165, 1.54) is 66.7 Å². The fourth-order valence-corrected chi connectivity index (χ4v) is 4.58. The SMILES string of the molecule is O=C1NC(=O)N(c2ccc(O)cc2)C(=O)/C1=C/c1cc(Br)ccc1OS(=O)(=O)c1ccc(Cl)cc1. The highest BCUT2D eigenvalue weighted by molar-refractivity contribution is 9.10. The van der Waals surface area contributed by atoms with Gasteiger partial charge in [-0.1, -0.05) is 27.5 Å². The number of barbiturate groups is 1. The molecule has 3 aromatic rings. The van der Waals surface area contributed by atoms with Crippen LogP contribution in [-0.2, 0) is 19.7 Å². The van der Waals surface area contributed by atoms with E-state index >= 15 is 0 Å². The fraction of sp³-hybridized carbons (Fsp3) is 0. The number of aromatic hydroxyl groups is 1. The smallest absolute Gasteiger partial charge is 0.339 e. The van der Waals surface area contributed by atoms with Crippen LogP contribution in [0, 0.1) is 0 Å². The lowest BCUT2D eigenvalue weighted by Gasteiger charge is -2.26. The van der Waals surface area contributed by atoms with E-state index in [0.717, 1.165) is 11.0 Å². The van der Waals surface area contributed by atoms with Crippen molar-refractivity contribution in [2.24, 2.45) is 0 Å². The second-order valence-electron chi connectivity index (χ2n) is 7.15. The summed E-state index contributed by atoms with van der Waals surface area (Å²) in [5.41, 5.74) is -0.250. The van der Waals surface area contributed by atoms with Gasteiger partial charge in [0.05, 0.1) is 5.69 Å². The number of benzene rings is 3. The lowest BCUT2D eigenvalue weighted by molar-refractivity contribution is -0.122. The van der Waals surface area contributed by atoms with E-state index in [0.29, 0.717) is 9.50 Å². The number of hydrogen-bond donors (Lipinski definition) is 2. The Balaban J connectivity index is 1.74. The van der Waals surface area contributed by atoms with E-state index in [-0.39, 0.29) is 27.6 Å². The molecule has 4 amide bonds. The fourth-order valence-electron chi connectivity index (χ4n) is 3.12. The highest BCUT2D eigenvalue weighted by atomic mass is 79.9. The number of rotatable bonds is 5. The molecule has 9 nitrogen and oxygen atoms in total. The lowest BCUT2D eigenvalue weighted by Crippen LogP contribution is -2.54. The van der Waals surface area contributed by atoms with Crippen LogP contribution in [-0.4, -0.2) is 31.4 Å². The molecule has 1 fully saturated rings. The van der Waals surface area contributed by atoms with Crippen molar-refractivity contribution in [1.29, 1.82) is 0 Å². The molecule has 35 heavy (non-hydrogen) atoms. The molecule has 2 N–H and O–H groups in total. The first kappa shape index (κ1) is 24.5. The number of phenolic OH excluding ortho intramolecular Hbond substituents is 1. The number of carbonyl (C=O) groups excluding carboxylic acids is 3. The molecule has 4 rings (SSSR count). The van der Waals surface area contributed by atoms with Gasteiger partial charge in [0.1, 0.15) is 22.0 Å². The molecule has 0 saturated carbocycles. The maximum atomic E-state index is 13.1. The summed E-state index contributed by atoms with van der Waals surface area (Å²) in [5, 5.41) is 11.9. The van der Waals surface area contributed by atoms with Crippen LogP contribution < -0.4 is 14.4 Å². The zero-order valence-corrected chi connectivity index (χ0v) is 20.6. The number of nitrogens with one attached hydrogen (secondary N) is 1. The Labute approximate surface area is 212 Å². The molecular weight excluding hydrogens is 564 g/mol. The van der Waals surface area contributed by atoms with Gasteiger partial charge in [-0.15, -0.1) is 0 Å². The summed E-state index contributed by atoms with van der Waals surface area (Å²) < 4.78 is 31.3. The molecule has 1 heterocycles. The van der Waals surface area contributed by atoms with Gasteiger partial charge in [0, 0.05) is 15.1 Å². The molecule has 0 aliphatic carbocycles. The van der Waals surface area contributed by atoms with Crippen LogP contribution in [0.1, 0.15) is 5.56 Å². The summed E-state index contributed by atoms with van der Waals surface area (Å²) in [6.07, 6.45) is 1.12. The molecule has 1 aliphatic heterocycles. The Bertz CT molecular complexity index is 1490. The van der Waals surface area contributed by atoms with E-state index in [4.69, 9.17) is 15.8 Å². The van der Waals surface area contributed by atoms with Crippen LogP contribution in [0.4, 0.5) is 10.5 Å². The van der Waals surface area contributed by atoms with Crippen LogP contribution >= 0.6 is 27.5 Å². The van der Waals surface area contributed by atoms with Gasteiger partial charge < -0.3 is 9.29 Å². The van der Waals surface area contributed by atoms with E-state index in [1.54, 1.807) is 0 Å². The van der Waals surface area contributed by atoms with Gasteiger partial charge >= 0.3 is 16.1 Å². The molecule has 0 radical (unpaired) electrons. The average Bonchev–Trinajstić information content (AvgIpc) is 2.79. The van der Waals surface area contributed by atoms with Crippen LogP contribution in [0.25, 0.3) is 6.08 Å². The largest absolute Gasteiger partial charge is 0.508 e. The summed E-state index contributed by atoms with van der Waals surface area (Å²) in [6, 6.07) is 13.9. The monoisotopic (exact) mass is 576 g/mol. The van der Waals surface area contributed by atoms with Crippen molar-refractivity contribution < 1.29 is 32.1 Å². The van der Waals surface area contributed by atoms with E-state index in [1.807, 2.05) is 0 Å². The Morgan fingerprint density at radius 2 is 1.63 bits per heavy atom. The van der Waals surface area contributed by atoms with Crippen molar-refractivity contribution in [3.63, 3.8) is 0 Å². The van der Waals surface area contributed by atoms with Gasteiger partial charge in [-0.2, -0.15) is 8.42 Å². The Kier molecular flexibility index (Phi) is 6.66. The third-order valence-electron chi connectivity index (χ3n) is 4.78. The standard InChI is InChI=1S/C23H14BrClN2O7S/c24-14-1-10-20(34-35(32,33)18-8-2-15(25)3-9-18)13(11-14)12-19-21(29)26-23(31)27(22(19)30)16-4-6-17(28)7-5-16/h1-12,28H,(H,26,29,31)/b19-12+. The van der Waals surface area contributed by atoms with Gasteiger partial charge in [0.25, 0.3) is 11.8 Å². The van der Waals surface area contributed by atoms with Crippen LogP contribution in [0.2, 0.25) is 5.02 Å². The van der Waals surface area contributed by atoms with Crippen LogP contribution in [0.15, 0.2) is 81.7 Å². The van der Waals surface area contributed by atoms with Crippen molar-refractivity contribution in [2.45, 2.75) is 4.90 Å². The predicted octanol–water partition coefficient (Wildman–Crippen LogP) is 4.24. The summed E-state index contributed by atoms with van der Waals surface area (Å²) in [7, 11) is -4.28. The zero-order valence-electron chi connectivity index (χ0n) is 17.4. The molecule has 0 bridgehead atoms. The van der Waals surface area contributed by atoms with Gasteiger partial charge in [0.2, 0.25) is 0 Å². The quantitative estimate of drug-likeness (QED) is 0.263. The zero-order chi connectivity index (χ0) is 25.3. The number of anilines is 1. The van der Waals surface area contributed by atoms with Crippen molar-refractivity contribution in [2.75, 3.05) is 4.90 Å². The van der Waals surface area contributed by atoms with Crippen LogP contribution in [0.5, 0.6) is 11.5 Å². The maximum absolute atomic E-state index is 13.1. The van der Waals surface area contributed by atoms with Crippen molar-refractivity contribution in [3.05, 3.63) is 87.4 Å². The van der Waals surface area contributed by atoms with Crippen LogP contribution in [0.3, 0.4) is 0 Å². The summed E-state index contributed by atoms with van der Waals surface area (Å²) >= 11 is 9.08. The topological polar surface area (TPSA) is 130 Å². The highest BCUT2D eigenvalue weighted by Crippen LogP contribution is 2.30. The Morgan fingerprint density at radius 1 is 0.971 bits per heavy atom. The van der Waals surface area contributed by atoms with Crippen molar-refractivity contribution in [1.82, 2.24) is 5.32 Å². The first-order valence-electron chi connectivity index (χ1n) is 9.75. The summed E-state index contributed by atoms with van der Waals surface area (Å²) in [6.45, 7) is 0. The maximum Gasteiger partial charge on any atom is 0.339 e. The molecule has 0 unspecified atom stereocenters. The molecule has 178 valence electrons. The number of phenols is 1. The molecule has 0 atom stereocenters. The molecule has 1 aliphatic rings. The Hall–Kier alpha value is -3.67. The first-order valence-corrected chi connectivity index (χ1v) is 12.3. The van der Waals surface area contributed by atoms with Gasteiger partial charge in [-0.3, -0.25) is 14.9 Å². The summed E-state index contributed by atoms with van der Waals surface area (Å²) in [5.74, 6) is -2.16. The third-order valence-corrected chi connectivity index (χ3v) is 6.78. The average molecular weight is 578 g/mol. The molecule has 0 spiro atoms. The molecule has 0 aromatic heterocycles. The molecule has 12 heteroatoms.